The lowest BCUT2D eigenvalue weighted by Crippen LogP contribution is -2.38. The maximum atomic E-state index is 11.5. The van der Waals surface area contributed by atoms with Crippen molar-refractivity contribution in [3.05, 3.63) is 22.4 Å². The molecule has 0 spiro atoms. The van der Waals surface area contributed by atoms with Crippen molar-refractivity contribution in [2.75, 3.05) is 6.54 Å². The number of aliphatic hydroxyl groups is 1. The molecule has 1 saturated carbocycles. The second kappa shape index (κ2) is 4.11. The zero-order chi connectivity index (χ0) is 9.97. The minimum atomic E-state index is -0.140. The van der Waals surface area contributed by atoms with Gasteiger partial charge in [-0.25, -0.2) is 0 Å². The zero-order valence-corrected chi connectivity index (χ0v) is 8.59. The van der Waals surface area contributed by atoms with E-state index in [9.17, 15) is 4.79 Å². The molecule has 76 valence electrons. The average Bonchev–Trinajstić information content (AvgIpc) is 2.62. The lowest BCUT2D eigenvalue weighted by atomic mass is 9.82. The van der Waals surface area contributed by atoms with Crippen molar-refractivity contribution in [2.24, 2.45) is 5.92 Å². The molecule has 1 aliphatic carbocycles. The fourth-order valence-electron chi connectivity index (χ4n) is 1.60. The molecule has 0 bridgehead atoms. The van der Waals surface area contributed by atoms with E-state index in [2.05, 4.69) is 5.32 Å². The molecule has 1 fully saturated rings. The van der Waals surface area contributed by atoms with Gasteiger partial charge in [-0.15, -0.1) is 11.3 Å². The summed E-state index contributed by atoms with van der Waals surface area (Å²) in [5.41, 5.74) is 0. The van der Waals surface area contributed by atoms with Crippen LogP contribution in [0.2, 0.25) is 0 Å². The molecule has 0 saturated heterocycles. The number of carbonyl (C=O) groups is 1. The monoisotopic (exact) mass is 211 g/mol. The molecule has 2 rings (SSSR count). The summed E-state index contributed by atoms with van der Waals surface area (Å²) in [5, 5.41) is 13.8. The van der Waals surface area contributed by atoms with Gasteiger partial charge in [-0.2, -0.15) is 0 Å². The van der Waals surface area contributed by atoms with Gasteiger partial charge in [0.05, 0.1) is 11.0 Å². The summed E-state index contributed by atoms with van der Waals surface area (Å²) in [6.45, 7) is 0.688. The van der Waals surface area contributed by atoms with Crippen molar-refractivity contribution < 1.29 is 9.90 Å². The fraction of sp³-hybridized carbons (Fsp3) is 0.500. The van der Waals surface area contributed by atoms with E-state index in [0.717, 1.165) is 17.7 Å². The summed E-state index contributed by atoms with van der Waals surface area (Å²) in [6, 6.07) is 3.68. The molecule has 2 N–H and O–H groups in total. The van der Waals surface area contributed by atoms with Crippen molar-refractivity contribution in [3.63, 3.8) is 0 Å². The standard InChI is InChI=1S/C10H13NO2S/c12-8-4-7(5-8)6-11-10(13)9-2-1-3-14-9/h1-3,7-8,12H,4-6H2,(H,11,13). The van der Waals surface area contributed by atoms with E-state index in [0.29, 0.717) is 12.5 Å². The van der Waals surface area contributed by atoms with E-state index in [-0.39, 0.29) is 12.0 Å². The van der Waals surface area contributed by atoms with Crippen LogP contribution >= 0.6 is 11.3 Å². The average molecular weight is 211 g/mol. The number of rotatable bonds is 3. The summed E-state index contributed by atoms with van der Waals surface area (Å²) >= 11 is 1.45. The topological polar surface area (TPSA) is 49.3 Å². The van der Waals surface area contributed by atoms with Gasteiger partial charge in [-0.3, -0.25) is 4.79 Å². The predicted molar refractivity (Wildman–Crippen MR) is 55.4 cm³/mol. The van der Waals surface area contributed by atoms with Crippen LogP contribution in [0.5, 0.6) is 0 Å². The first-order valence-electron chi connectivity index (χ1n) is 4.75. The van der Waals surface area contributed by atoms with Crippen molar-refractivity contribution in [1.29, 1.82) is 0 Å². The molecule has 1 aromatic rings. The van der Waals surface area contributed by atoms with E-state index in [4.69, 9.17) is 5.11 Å². The Morgan fingerprint density at radius 1 is 1.64 bits per heavy atom. The number of carbonyl (C=O) groups excluding carboxylic acids is 1. The second-order valence-electron chi connectivity index (χ2n) is 3.68. The van der Waals surface area contributed by atoms with E-state index in [1.54, 1.807) is 0 Å². The Labute approximate surface area is 86.8 Å². The van der Waals surface area contributed by atoms with Gasteiger partial charge in [0.25, 0.3) is 5.91 Å². The third-order valence-corrected chi connectivity index (χ3v) is 3.38. The van der Waals surface area contributed by atoms with Crippen LogP contribution < -0.4 is 5.32 Å². The first-order valence-corrected chi connectivity index (χ1v) is 5.63. The number of aliphatic hydroxyl groups excluding tert-OH is 1. The number of amides is 1. The Morgan fingerprint density at radius 2 is 2.43 bits per heavy atom. The van der Waals surface area contributed by atoms with Crippen LogP contribution in [-0.2, 0) is 0 Å². The normalized spacial score (nSPS) is 25.5. The van der Waals surface area contributed by atoms with Crippen LogP contribution in [0.15, 0.2) is 17.5 Å². The van der Waals surface area contributed by atoms with Gasteiger partial charge >= 0.3 is 0 Å². The Hall–Kier alpha value is -0.870. The second-order valence-corrected chi connectivity index (χ2v) is 4.63. The highest BCUT2D eigenvalue weighted by Crippen LogP contribution is 2.26. The number of hydrogen-bond acceptors (Lipinski definition) is 3. The summed E-state index contributed by atoms with van der Waals surface area (Å²) in [6.07, 6.45) is 1.51. The Balaban J connectivity index is 1.74. The van der Waals surface area contributed by atoms with Gasteiger partial charge in [0.1, 0.15) is 0 Å². The molecule has 1 aromatic heterocycles. The van der Waals surface area contributed by atoms with Gasteiger partial charge < -0.3 is 10.4 Å². The first-order chi connectivity index (χ1) is 6.75. The van der Waals surface area contributed by atoms with Crippen LogP contribution in [0.1, 0.15) is 22.5 Å². The molecule has 3 nitrogen and oxygen atoms in total. The van der Waals surface area contributed by atoms with E-state index >= 15 is 0 Å². The molecule has 1 amide bonds. The third-order valence-electron chi connectivity index (χ3n) is 2.51. The van der Waals surface area contributed by atoms with E-state index in [1.165, 1.54) is 11.3 Å². The highest BCUT2D eigenvalue weighted by molar-refractivity contribution is 7.12. The summed E-state index contributed by atoms with van der Waals surface area (Å²) in [7, 11) is 0. The van der Waals surface area contributed by atoms with E-state index < -0.39 is 0 Å². The Morgan fingerprint density at radius 3 is 3.00 bits per heavy atom. The van der Waals surface area contributed by atoms with Gasteiger partial charge in [-0.05, 0) is 30.2 Å². The van der Waals surface area contributed by atoms with Gasteiger partial charge in [0.15, 0.2) is 0 Å². The SMILES string of the molecule is O=C(NCC1CC(O)C1)c1cccs1. The van der Waals surface area contributed by atoms with Crippen molar-refractivity contribution in [3.8, 4) is 0 Å². The number of nitrogens with one attached hydrogen (secondary N) is 1. The molecule has 0 aliphatic heterocycles. The largest absolute Gasteiger partial charge is 0.393 e. The minimum Gasteiger partial charge on any atom is -0.393 e. The van der Waals surface area contributed by atoms with Crippen molar-refractivity contribution in [2.45, 2.75) is 18.9 Å². The lowest BCUT2D eigenvalue weighted by molar-refractivity contribution is 0.0420. The summed E-state index contributed by atoms with van der Waals surface area (Å²) in [4.78, 5) is 12.2. The maximum Gasteiger partial charge on any atom is 0.261 e. The Bertz CT molecular complexity index is 304. The fourth-order valence-corrected chi connectivity index (χ4v) is 2.24. The molecule has 0 aromatic carbocycles. The summed E-state index contributed by atoms with van der Waals surface area (Å²) < 4.78 is 0. The molecule has 0 radical (unpaired) electrons. The predicted octanol–water partition coefficient (Wildman–Crippen LogP) is 1.25. The van der Waals surface area contributed by atoms with Crippen LogP contribution in [0.3, 0.4) is 0 Å². The van der Waals surface area contributed by atoms with Gasteiger partial charge in [0.2, 0.25) is 0 Å². The molecule has 14 heavy (non-hydrogen) atoms. The van der Waals surface area contributed by atoms with Gasteiger partial charge in [0, 0.05) is 6.54 Å². The molecular weight excluding hydrogens is 198 g/mol. The quantitative estimate of drug-likeness (QED) is 0.790. The van der Waals surface area contributed by atoms with Crippen LogP contribution in [0.4, 0.5) is 0 Å². The van der Waals surface area contributed by atoms with Gasteiger partial charge in [-0.1, -0.05) is 6.07 Å². The molecule has 0 unspecified atom stereocenters. The molecular formula is C10H13NO2S. The molecule has 4 heteroatoms. The Kier molecular flexibility index (Phi) is 2.84. The van der Waals surface area contributed by atoms with Crippen LogP contribution in [0.25, 0.3) is 0 Å². The first kappa shape index (κ1) is 9.68. The van der Waals surface area contributed by atoms with E-state index in [1.807, 2.05) is 17.5 Å². The highest BCUT2D eigenvalue weighted by Gasteiger charge is 2.27. The zero-order valence-electron chi connectivity index (χ0n) is 7.77. The van der Waals surface area contributed by atoms with Crippen molar-refractivity contribution in [1.82, 2.24) is 5.32 Å². The lowest BCUT2D eigenvalue weighted by Gasteiger charge is -2.31. The molecule has 1 aliphatic rings. The number of thiophene rings is 1. The van der Waals surface area contributed by atoms with Crippen LogP contribution in [-0.4, -0.2) is 23.7 Å². The van der Waals surface area contributed by atoms with Crippen molar-refractivity contribution >= 4 is 17.2 Å². The third kappa shape index (κ3) is 2.13. The highest BCUT2D eigenvalue weighted by atomic mass is 32.1. The number of hydrogen-bond donors (Lipinski definition) is 2. The molecule has 0 atom stereocenters. The summed E-state index contributed by atoms with van der Waals surface area (Å²) in [5.74, 6) is 0.468. The minimum absolute atomic E-state index is 0.00129. The smallest absolute Gasteiger partial charge is 0.261 e. The molecule has 1 heterocycles. The maximum absolute atomic E-state index is 11.5. The van der Waals surface area contributed by atoms with Crippen LogP contribution in [0, 0.1) is 5.92 Å².